The number of rotatable bonds is 4. The molecule has 0 unspecified atom stereocenters. The second kappa shape index (κ2) is 6.37. The van der Waals surface area contributed by atoms with Crippen LogP contribution in [-0.4, -0.2) is 15.3 Å². The van der Waals surface area contributed by atoms with Crippen molar-refractivity contribution in [2.24, 2.45) is 0 Å². The number of hydrogen-bond acceptors (Lipinski definition) is 2. The number of benzene rings is 1. The first-order chi connectivity index (χ1) is 8.21. The normalized spacial score (nSPS) is 15.5. The van der Waals surface area contributed by atoms with Gasteiger partial charge in [-0.1, -0.05) is 22.0 Å². The molecular weight excluding hydrogens is 317 g/mol. The van der Waals surface area contributed by atoms with E-state index < -0.39 is 11.4 Å². The van der Waals surface area contributed by atoms with Gasteiger partial charge in [-0.25, -0.2) is 4.39 Å². The van der Waals surface area contributed by atoms with E-state index >= 15 is 0 Å². The van der Waals surface area contributed by atoms with Crippen molar-refractivity contribution in [3.63, 3.8) is 0 Å². The predicted molar refractivity (Wildman–Crippen MR) is 78.3 cm³/mol. The van der Waals surface area contributed by atoms with Gasteiger partial charge in [0.1, 0.15) is 10.6 Å². The van der Waals surface area contributed by atoms with Crippen LogP contribution in [0.5, 0.6) is 0 Å². The zero-order valence-corrected chi connectivity index (χ0v) is 13.5. The fourth-order valence-corrected chi connectivity index (χ4v) is 2.74. The summed E-state index contributed by atoms with van der Waals surface area (Å²) in [4.78, 5) is 0. The number of hydrogen-bond donors (Lipinski definition) is 1. The summed E-state index contributed by atoms with van der Waals surface area (Å²) >= 11 is 2.20. The zero-order chi connectivity index (χ0) is 13.9. The Balaban J connectivity index is 2.68. The summed E-state index contributed by atoms with van der Waals surface area (Å²) in [6, 6.07) is 4.85. The SMILES string of the molecule is C[C@H](Cc1c(F)cccc1Br)N[S@+]([O-])C(C)(C)C. The molecule has 18 heavy (non-hydrogen) atoms. The van der Waals surface area contributed by atoms with Crippen molar-refractivity contribution >= 4 is 27.3 Å². The van der Waals surface area contributed by atoms with E-state index in [0.29, 0.717) is 12.0 Å². The van der Waals surface area contributed by atoms with Gasteiger partial charge in [-0.15, -0.1) is 4.72 Å². The molecule has 0 saturated carbocycles. The summed E-state index contributed by atoms with van der Waals surface area (Å²) in [5.41, 5.74) is 0.614. The van der Waals surface area contributed by atoms with Crippen LogP contribution in [0.4, 0.5) is 4.39 Å². The van der Waals surface area contributed by atoms with Gasteiger partial charge >= 0.3 is 0 Å². The topological polar surface area (TPSA) is 35.1 Å². The van der Waals surface area contributed by atoms with Crippen LogP contribution in [0.25, 0.3) is 0 Å². The molecule has 2 nitrogen and oxygen atoms in total. The van der Waals surface area contributed by atoms with Gasteiger partial charge in [0.15, 0.2) is 0 Å². The van der Waals surface area contributed by atoms with Crippen LogP contribution in [0, 0.1) is 5.82 Å². The fourth-order valence-electron chi connectivity index (χ4n) is 1.43. The van der Waals surface area contributed by atoms with Crippen LogP contribution < -0.4 is 4.72 Å². The highest BCUT2D eigenvalue weighted by molar-refractivity contribution is 9.10. The molecule has 1 N–H and O–H groups in total. The van der Waals surface area contributed by atoms with Crippen LogP contribution in [0.2, 0.25) is 0 Å². The van der Waals surface area contributed by atoms with Gasteiger partial charge in [0, 0.05) is 21.4 Å². The highest BCUT2D eigenvalue weighted by Gasteiger charge is 2.28. The monoisotopic (exact) mass is 335 g/mol. The highest BCUT2D eigenvalue weighted by Crippen LogP contribution is 2.22. The van der Waals surface area contributed by atoms with Crippen LogP contribution >= 0.6 is 15.9 Å². The van der Waals surface area contributed by atoms with Crippen molar-refractivity contribution < 1.29 is 8.94 Å². The third-order valence-electron chi connectivity index (χ3n) is 2.44. The van der Waals surface area contributed by atoms with E-state index in [1.807, 2.05) is 33.8 Å². The summed E-state index contributed by atoms with van der Waals surface area (Å²) in [5, 5.41) is 0. The molecular formula is C13H19BrFNOS. The smallest absolute Gasteiger partial charge is 0.136 e. The first-order valence-corrected chi connectivity index (χ1v) is 7.77. The molecule has 0 radical (unpaired) electrons. The molecule has 2 atom stereocenters. The zero-order valence-electron chi connectivity index (χ0n) is 11.1. The number of halogens is 2. The molecule has 102 valence electrons. The Bertz CT molecular complexity index is 388. The van der Waals surface area contributed by atoms with Crippen molar-refractivity contribution in [3.8, 4) is 0 Å². The van der Waals surface area contributed by atoms with Crippen molar-refractivity contribution in [1.82, 2.24) is 4.72 Å². The van der Waals surface area contributed by atoms with Crippen molar-refractivity contribution in [2.75, 3.05) is 0 Å². The lowest BCUT2D eigenvalue weighted by atomic mass is 10.1. The molecule has 1 aromatic carbocycles. The lowest BCUT2D eigenvalue weighted by Gasteiger charge is -2.26. The second-order valence-corrected chi connectivity index (χ2v) is 8.16. The molecule has 0 heterocycles. The van der Waals surface area contributed by atoms with E-state index in [2.05, 4.69) is 20.7 Å². The Morgan fingerprint density at radius 2 is 2.06 bits per heavy atom. The van der Waals surface area contributed by atoms with Crippen molar-refractivity contribution in [2.45, 2.75) is 44.9 Å². The molecule has 0 aliphatic rings. The average Bonchev–Trinajstić information content (AvgIpc) is 2.22. The molecule has 0 bridgehead atoms. The minimum atomic E-state index is -1.14. The van der Waals surface area contributed by atoms with Gasteiger partial charge in [0.2, 0.25) is 0 Å². The van der Waals surface area contributed by atoms with Gasteiger partial charge in [0.05, 0.1) is 6.04 Å². The van der Waals surface area contributed by atoms with E-state index in [-0.39, 0.29) is 16.6 Å². The van der Waals surface area contributed by atoms with E-state index in [1.165, 1.54) is 6.07 Å². The maximum Gasteiger partial charge on any atom is 0.136 e. The van der Waals surface area contributed by atoms with E-state index in [0.717, 1.165) is 4.47 Å². The van der Waals surface area contributed by atoms with Crippen LogP contribution in [-0.2, 0) is 17.8 Å². The maximum absolute atomic E-state index is 13.6. The van der Waals surface area contributed by atoms with Crippen LogP contribution in [0.1, 0.15) is 33.3 Å². The third kappa shape index (κ3) is 4.53. The predicted octanol–water partition coefficient (Wildman–Crippen LogP) is 3.57. The van der Waals surface area contributed by atoms with Crippen LogP contribution in [0.3, 0.4) is 0 Å². The molecule has 0 saturated heterocycles. The van der Waals surface area contributed by atoms with Crippen molar-refractivity contribution in [1.29, 1.82) is 0 Å². The standard InChI is InChI=1S/C13H19BrFNOS/c1-9(16-18(17)13(2,3)4)8-10-11(14)6-5-7-12(10)15/h5-7,9,16H,8H2,1-4H3/t9-,18-/m1/s1. The van der Waals surface area contributed by atoms with Gasteiger partial charge in [-0.3, -0.25) is 0 Å². The molecule has 0 aliphatic heterocycles. The first kappa shape index (κ1) is 16.0. The van der Waals surface area contributed by atoms with E-state index in [4.69, 9.17) is 0 Å². The maximum atomic E-state index is 13.6. The summed E-state index contributed by atoms with van der Waals surface area (Å²) in [6.45, 7) is 7.62. The minimum absolute atomic E-state index is 0.0572. The molecule has 0 spiro atoms. The quantitative estimate of drug-likeness (QED) is 0.853. The Morgan fingerprint density at radius 1 is 1.44 bits per heavy atom. The molecule has 5 heteroatoms. The average molecular weight is 336 g/mol. The fraction of sp³-hybridized carbons (Fsp3) is 0.538. The number of nitrogens with one attached hydrogen (secondary N) is 1. The van der Waals surface area contributed by atoms with Gasteiger partial charge in [0.25, 0.3) is 0 Å². The van der Waals surface area contributed by atoms with Gasteiger partial charge in [-0.05, 0) is 46.2 Å². The van der Waals surface area contributed by atoms with Crippen molar-refractivity contribution in [3.05, 3.63) is 34.1 Å². The summed E-state index contributed by atoms with van der Waals surface area (Å²) in [7, 11) is 0. The molecule has 0 fully saturated rings. The lowest BCUT2D eigenvalue weighted by molar-refractivity contribution is 0.521. The Kier molecular flexibility index (Phi) is 5.65. The lowest BCUT2D eigenvalue weighted by Crippen LogP contribution is -2.44. The molecule has 0 amide bonds. The Hall–Kier alpha value is -0.100. The second-order valence-electron chi connectivity index (χ2n) is 5.30. The largest absolute Gasteiger partial charge is 0.598 e. The summed E-state index contributed by atoms with van der Waals surface area (Å²) in [5.74, 6) is -0.237. The molecule has 1 rings (SSSR count). The molecule has 0 aliphatic carbocycles. The minimum Gasteiger partial charge on any atom is -0.598 e. The van der Waals surface area contributed by atoms with Gasteiger partial charge < -0.3 is 4.55 Å². The molecule has 0 aromatic heterocycles. The van der Waals surface area contributed by atoms with Gasteiger partial charge in [-0.2, -0.15) is 0 Å². The third-order valence-corrected chi connectivity index (χ3v) is 4.91. The van der Waals surface area contributed by atoms with E-state index in [9.17, 15) is 8.94 Å². The van der Waals surface area contributed by atoms with E-state index in [1.54, 1.807) is 6.07 Å². The molecule has 1 aromatic rings. The first-order valence-electron chi connectivity index (χ1n) is 5.82. The Labute approximate surface area is 120 Å². The summed E-state index contributed by atoms with van der Waals surface area (Å²) in [6.07, 6.45) is 0.495. The Morgan fingerprint density at radius 3 is 2.56 bits per heavy atom. The highest BCUT2D eigenvalue weighted by atomic mass is 79.9. The van der Waals surface area contributed by atoms with Crippen LogP contribution in [0.15, 0.2) is 22.7 Å². The summed E-state index contributed by atoms with van der Waals surface area (Å²) < 4.78 is 29.0.